The topological polar surface area (TPSA) is 48.1 Å². The number of aromatic nitrogens is 1. The highest BCUT2D eigenvalue weighted by Gasteiger charge is 2.06. The van der Waals surface area contributed by atoms with Crippen LogP contribution in [-0.4, -0.2) is 16.6 Å². The van der Waals surface area contributed by atoms with E-state index in [9.17, 15) is 0 Å². The van der Waals surface area contributed by atoms with Gasteiger partial charge in [0.25, 0.3) is 0 Å². The minimum absolute atomic E-state index is 0.389. The molecule has 1 heterocycles. The maximum Gasteiger partial charge on any atom is 0.123 e. The van der Waals surface area contributed by atoms with E-state index in [-0.39, 0.29) is 0 Å². The molecule has 0 aliphatic heterocycles. The molecule has 0 amide bonds. The average Bonchev–Trinajstić information content (AvgIpc) is 2.86. The zero-order valence-corrected chi connectivity index (χ0v) is 12.6. The highest BCUT2D eigenvalue weighted by Crippen LogP contribution is 2.26. The maximum atomic E-state index is 5.64. The van der Waals surface area contributed by atoms with Crippen molar-refractivity contribution in [1.29, 1.82) is 0 Å². The highest BCUT2D eigenvalue weighted by atomic mass is 32.1. The third kappa shape index (κ3) is 3.75. The number of benzene rings is 1. The van der Waals surface area contributed by atoms with Crippen molar-refractivity contribution < 1.29 is 4.74 Å². The van der Waals surface area contributed by atoms with Gasteiger partial charge in [-0.15, -0.1) is 11.3 Å². The Morgan fingerprint density at radius 1 is 1.37 bits per heavy atom. The molecule has 0 fully saturated rings. The van der Waals surface area contributed by atoms with Crippen molar-refractivity contribution >= 4 is 28.5 Å². The van der Waals surface area contributed by atoms with Crippen LogP contribution in [0.1, 0.15) is 18.7 Å². The summed E-state index contributed by atoms with van der Waals surface area (Å²) in [6, 6.07) is 7.91. The number of hydrogen-bond acceptors (Lipinski definition) is 4. The molecule has 3 nitrogen and oxygen atoms in total. The summed E-state index contributed by atoms with van der Waals surface area (Å²) in [5.41, 5.74) is 6.62. The van der Waals surface area contributed by atoms with Crippen LogP contribution in [0.25, 0.3) is 10.6 Å². The van der Waals surface area contributed by atoms with Gasteiger partial charge in [0.2, 0.25) is 0 Å². The number of ether oxygens (including phenoxy) is 1. The first-order valence-corrected chi connectivity index (χ1v) is 7.27. The highest BCUT2D eigenvalue weighted by molar-refractivity contribution is 7.81. The summed E-state index contributed by atoms with van der Waals surface area (Å²) < 4.78 is 5.64. The van der Waals surface area contributed by atoms with E-state index in [1.807, 2.05) is 24.3 Å². The normalized spacial score (nSPS) is 10.7. The Bertz CT molecular complexity index is 561. The van der Waals surface area contributed by atoms with Crippen LogP contribution in [-0.2, 0) is 0 Å². The van der Waals surface area contributed by atoms with Gasteiger partial charge in [0, 0.05) is 11.8 Å². The lowest BCUT2D eigenvalue weighted by molar-refractivity contribution is 0.271. The van der Waals surface area contributed by atoms with E-state index in [1.54, 1.807) is 6.20 Å². The summed E-state index contributed by atoms with van der Waals surface area (Å²) in [5, 5.41) is 0.915. The Morgan fingerprint density at radius 2 is 2.05 bits per heavy atom. The fourth-order valence-electron chi connectivity index (χ4n) is 1.48. The molecule has 0 atom stereocenters. The molecule has 1 aromatic carbocycles. The van der Waals surface area contributed by atoms with Crippen molar-refractivity contribution in [2.75, 3.05) is 6.61 Å². The minimum atomic E-state index is 0.389. The van der Waals surface area contributed by atoms with Crippen LogP contribution in [0.4, 0.5) is 0 Å². The smallest absolute Gasteiger partial charge is 0.123 e. The van der Waals surface area contributed by atoms with Crippen molar-refractivity contribution in [2.45, 2.75) is 13.8 Å². The molecular weight excluding hydrogens is 276 g/mol. The number of hydrogen-bond donors (Lipinski definition) is 1. The number of thiazole rings is 1. The van der Waals surface area contributed by atoms with Crippen LogP contribution in [0.15, 0.2) is 30.5 Å². The standard InChI is InChI=1S/C14H16N2OS2/c1-9(2)8-17-11-5-3-10(4-6-11)14-16-7-12(19-14)13(15)18/h3-7,9H,8H2,1-2H3,(H2,15,18). The zero-order chi connectivity index (χ0) is 13.8. The van der Waals surface area contributed by atoms with E-state index in [1.165, 1.54) is 11.3 Å². The molecule has 0 unspecified atom stereocenters. The Balaban J connectivity index is 2.10. The first-order valence-electron chi connectivity index (χ1n) is 6.05. The van der Waals surface area contributed by atoms with E-state index >= 15 is 0 Å². The van der Waals surface area contributed by atoms with Crippen molar-refractivity contribution in [3.8, 4) is 16.3 Å². The van der Waals surface area contributed by atoms with Gasteiger partial charge in [-0.05, 0) is 30.2 Å². The van der Waals surface area contributed by atoms with Crippen LogP contribution in [0, 0.1) is 5.92 Å². The molecule has 0 saturated carbocycles. The lowest BCUT2D eigenvalue weighted by Gasteiger charge is -2.08. The van der Waals surface area contributed by atoms with Crippen molar-refractivity contribution in [3.05, 3.63) is 35.3 Å². The molecule has 0 bridgehead atoms. The predicted octanol–water partition coefficient (Wildman–Crippen LogP) is 3.48. The van der Waals surface area contributed by atoms with Gasteiger partial charge < -0.3 is 10.5 Å². The number of nitrogens with two attached hydrogens (primary N) is 1. The van der Waals surface area contributed by atoms with Gasteiger partial charge in [0.05, 0.1) is 11.5 Å². The summed E-state index contributed by atoms with van der Waals surface area (Å²) in [6.07, 6.45) is 1.71. The van der Waals surface area contributed by atoms with Crippen molar-refractivity contribution in [1.82, 2.24) is 4.98 Å². The van der Waals surface area contributed by atoms with Crippen LogP contribution < -0.4 is 10.5 Å². The second-order valence-electron chi connectivity index (χ2n) is 4.62. The monoisotopic (exact) mass is 292 g/mol. The van der Waals surface area contributed by atoms with Gasteiger partial charge in [-0.25, -0.2) is 4.98 Å². The quantitative estimate of drug-likeness (QED) is 0.857. The van der Waals surface area contributed by atoms with Gasteiger partial charge in [0.15, 0.2) is 0 Å². The second kappa shape index (κ2) is 6.12. The fraction of sp³-hybridized carbons (Fsp3) is 0.286. The Morgan fingerprint density at radius 3 is 2.58 bits per heavy atom. The van der Waals surface area contributed by atoms with E-state index in [0.29, 0.717) is 10.9 Å². The van der Waals surface area contributed by atoms with E-state index < -0.39 is 0 Å². The maximum absolute atomic E-state index is 5.64. The molecule has 1 aromatic heterocycles. The average molecular weight is 292 g/mol. The molecule has 100 valence electrons. The fourth-order valence-corrected chi connectivity index (χ4v) is 2.43. The van der Waals surface area contributed by atoms with Crippen molar-refractivity contribution in [3.63, 3.8) is 0 Å². The Kier molecular flexibility index (Phi) is 4.50. The summed E-state index contributed by atoms with van der Waals surface area (Å²) >= 11 is 6.43. The summed E-state index contributed by atoms with van der Waals surface area (Å²) in [6.45, 7) is 4.98. The summed E-state index contributed by atoms with van der Waals surface area (Å²) in [4.78, 5) is 5.55. The Hall–Kier alpha value is -1.46. The lowest BCUT2D eigenvalue weighted by Crippen LogP contribution is -2.06. The van der Waals surface area contributed by atoms with Crippen LogP contribution in [0.3, 0.4) is 0 Å². The number of thiocarbonyl (C=S) groups is 1. The largest absolute Gasteiger partial charge is 0.493 e. The minimum Gasteiger partial charge on any atom is -0.493 e. The molecule has 0 radical (unpaired) electrons. The molecule has 0 aliphatic rings. The SMILES string of the molecule is CC(C)COc1ccc(-c2ncc(C(N)=S)s2)cc1. The van der Waals surface area contributed by atoms with Gasteiger partial charge in [0.1, 0.15) is 15.7 Å². The molecule has 0 saturated heterocycles. The Labute approximate surface area is 122 Å². The number of nitrogens with zero attached hydrogens (tertiary/aromatic N) is 1. The number of rotatable bonds is 5. The van der Waals surface area contributed by atoms with E-state index in [4.69, 9.17) is 22.7 Å². The molecule has 2 rings (SSSR count). The molecule has 0 aliphatic carbocycles. The van der Waals surface area contributed by atoms with Gasteiger partial charge >= 0.3 is 0 Å². The van der Waals surface area contributed by atoms with E-state index in [2.05, 4.69) is 18.8 Å². The van der Waals surface area contributed by atoms with Crippen LogP contribution in [0.5, 0.6) is 5.75 Å². The lowest BCUT2D eigenvalue weighted by atomic mass is 10.2. The van der Waals surface area contributed by atoms with Gasteiger partial charge in [-0.3, -0.25) is 0 Å². The van der Waals surface area contributed by atoms with E-state index in [0.717, 1.165) is 27.8 Å². The van der Waals surface area contributed by atoms with Gasteiger partial charge in [-0.1, -0.05) is 26.1 Å². The van der Waals surface area contributed by atoms with Crippen LogP contribution in [0.2, 0.25) is 0 Å². The molecule has 5 heteroatoms. The summed E-state index contributed by atoms with van der Waals surface area (Å²) in [5.74, 6) is 1.40. The zero-order valence-electron chi connectivity index (χ0n) is 10.9. The van der Waals surface area contributed by atoms with Gasteiger partial charge in [-0.2, -0.15) is 0 Å². The summed E-state index contributed by atoms with van der Waals surface area (Å²) in [7, 11) is 0. The second-order valence-corrected chi connectivity index (χ2v) is 6.09. The molecule has 2 aromatic rings. The molecule has 0 spiro atoms. The molecule has 2 N–H and O–H groups in total. The molecule has 19 heavy (non-hydrogen) atoms. The third-order valence-electron chi connectivity index (χ3n) is 2.43. The predicted molar refractivity (Wildman–Crippen MR) is 83.8 cm³/mol. The first kappa shape index (κ1) is 14.0. The molecular formula is C14H16N2OS2. The third-order valence-corrected chi connectivity index (χ3v) is 3.86. The first-order chi connectivity index (χ1) is 9.06. The van der Waals surface area contributed by atoms with Crippen molar-refractivity contribution in [2.24, 2.45) is 11.7 Å². The van der Waals surface area contributed by atoms with Crippen LogP contribution >= 0.6 is 23.6 Å².